The van der Waals surface area contributed by atoms with Gasteiger partial charge in [0.15, 0.2) is 0 Å². The van der Waals surface area contributed by atoms with Crippen molar-refractivity contribution in [3.05, 3.63) is 30.9 Å². The van der Waals surface area contributed by atoms with E-state index in [1.165, 1.54) is 6.92 Å². The molecule has 0 aliphatic rings. The fourth-order valence-electron chi connectivity index (χ4n) is 2.14. The average molecular weight is 308 g/mol. The van der Waals surface area contributed by atoms with E-state index in [0.29, 0.717) is 24.5 Å². The van der Waals surface area contributed by atoms with Gasteiger partial charge >= 0.3 is 0 Å². The lowest BCUT2D eigenvalue weighted by molar-refractivity contribution is -0.114. The van der Waals surface area contributed by atoms with Gasteiger partial charge < -0.3 is 24.8 Å². The van der Waals surface area contributed by atoms with E-state index in [1.807, 2.05) is 11.0 Å². The van der Waals surface area contributed by atoms with Gasteiger partial charge in [0.25, 0.3) is 0 Å². The number of hydrogen-bond donors (Lipinski definition) is 2. The molecule has 0 aliphatic heterocycles. The summed E-state index contributed by atoms with van der Waals surface area (Å²) in [6, 6.07) is 5.35. The summed E-state index contributed by atoms with van der Waals surface area (Å²) in [6.45, 7) is 6.32. The summed E-state index contributed by atoms with van der Waals surface area (Å²) in [4.78, 5) is 13.1. The van der Waals surface area contributed by atoms with Crippen molar-refractivity contribution >= 4 is 17.3 Å². The largest absolute Gasteiger partial charge is 0.495 e. The number of carbonyl (C=O) groups excluding carboxylic acids is 1. The molecule has 1 atom stereocenters. The van der Waals surface area contributed by atoms with Crippen molar-refractivity contribution in [2.45, 2.75) is 13.0 Å². The van der Waals surface area contributed by atoms with Gasteiger partial charge in [-0.25, -0.2) is 0 Å². The third-order valence-corrected chi connectivity index (χ3v) is 2.98. The van der Waals surface area contributed by atoms with E-state index in [1.54, 1.807) is 32.4 Å². The van der Waals surface area contributed by atoms with Gasteiger partial charge in [-0.1, -0.05) is 6.08 Å². The minimum absolute atomic E-state index is 0.147. The second kappa shape index (κ2) is 9.07. The van der Waals surface area contributed by atoms with E-state index in [0.717, 1.165) is 5.69 Å². The molecule has 0 spiro atoms. The first-order valence-electron chi connectivity index (χ1n) is 7.00. The zero-order valence-electron chi connectivity index (χ0n) is 13.3. The van der Waals surface area contributed by atoms with Gasteiger partial charge in [-0.3, -0.25) is 4.79 Å². The zero-order chi connectivity index (χ0) is 16.5. The fraction of sp³-hybridized carbons (Fsp3) is 0.438. The standard InChI is InChI=1S/C16H24N2O4/c1-5-8-18(10-14(20)11-21-3)15-9-13(17-12(2)19)6-7-16(15)22-4/h5-7,9,14,20H,1,8,10-11H2,2-4H3,(H,17,19). The van der Waals surface area contributed by atoms with Crippen molar-refractivity contribution in [1.29, 1.82) is 0 Å². The molecule has 0 aliphatic carbocycles. The van der Waals surface area contributed by atoms with Crippen LogP contribution in [0.4, 0.5) is 11.4 Å². The van der Waals surface area contributed by atoms with Crippen LogP contribution in [0.15, 0.2) is 30.9 Å². The number of aliphatic hydroxyl groups is 1. The molecular formula is C16H24N2O4. The SMILES string of the molecule is C=CCN(CC(O)COC)c1cc(NC(C)=O)ccc1OC. The maximum Gasteiger partial charge on any atom is 0.221 e. The Morgan fingerprint density at radius 1 is 1.50 bits per heavy atom. The number of methoxy groups -OCH3 is 2. The molecule has 0 aromatic heterocycles. The van der Waals surface area contributed by atoms with Crippen molar-refractivity contribution in [3.8, 4) is 5.75 Å². The van der Waals surface area contributed by atoms with Crippen molar-refractivity contribution in [1.82, 2.24) is 0 Å². The molecule has 1 rings (SSSR count). The highest BCUT2D eigenvalue weighted by Crippen LogP contribution is 2.31. The Bertz CT molecular complexity index is 505. The highest BCUT2D eigenvalue weighted by molar-refractivity contribution is 5.89. The molecule has 6 nitrogen and oxygen atoms in total. The second-order valence-electron chi connectivity index (χ2n) is 4.87. The van der Waals surface area contributed by atoms with Crippen LogP contribution in [0.2, 0.25) is 0 Å². The molecule has 0 heterocycles. The van der Waals surface area contributed by atoms with Crippen LogP contribution >= 0.6 is 0 Å². The van der Waals surface area contributed by atoms with Crippen LogP contribution < -0.4 is 15.0 Å². The van der Waals surface area contributed by atoms with E-state index in [2.05, 4.69) is 11.9 Å². The normalized spacial score (nSPS) is 11.6. The van der Waals surface area contributed by atoms with Crippen LogP contribution in [0.1, 0.15) is 6.92 Å². The number of aliphatic hydroxyl groups excluding tert-OH is 1. The molecule has 0 radical (unpaired) electrons. The third-order valence-electron chi connectivity index (χ3n) is 2.98. The van der Waals surface area contributed by atoms with Crippen molar-refractivity contribution < 1.29 is 19.4 Å². The van der Waals surface area contributed by atoms with Crippen LogP contribution in [0, 0.1) is 0 Å². The van der Waals surface area contributed by atoms with Crippen LogP contribution in [0.3, 0.4) is 0 Å². The summed E-state index contributed by atoms with van der Waals surface area (Å²) < 4.78 is 10.3. The van der Waals surface area contributed by atoms with Gasteiger partial charge in [0, 0.05) is 32.8 Å². The molecule has 1 aromatic carbocycles. The van der Waals surface area contributed by atoms with Crippen LogP contribution in [0.5, 0.6) is 5.75 Å². The quantitative estimate of drug-likeness (QED) is 0.679. The zero-order valence-corrected chi connectivity index (χ0v) is 13.3. The number of carbonyl (C=O) groups is 1. The Labute approximate surface area is 131 Å². The molecule has 0 bridgehead atoms. The third kappa shape index (κ3) is 5.38. The molecule has 6 heteroatoms. The monoisotopic (exact) mass is 308 g/mol. The average Bonchev–Trinajstić information content (AvgIpc) is 2.46. The van der Waals surface area contributed by atoms with Crippen LogP contribution in [-0.2, 0) is 9.53 Å². The number of nitrogens with one attached hydrogen (secondary N) is 1. The maximum absolute atomic E-state index is 11.2. The number of ether oxygens (including phenoxy) is 2. The molecule has 2 N–H and O–H groups in total. The van der Waals surface area contributed by atoms with E-state index >= 15 is 0 Å². The summed E-state index contributed by atoms with van der Waals surface area (Å²) in [5.74, 6) is 0.506. The molecule has 0 saturated heterocycles. The fourth-order valence-corrected chi connectivity index (χ4v) is 2.14. The number of amides is 1. The number of anilines is 2. The van der Waals surface area contributed by atoms with Crippen molar-refractivity contribution in [3.63, 3.8) is 0 Å². The molecule has 22 heavy (non-hydrogen) atoms. The van der Waals surface area contributed by atoms with Crippen LogP contribution in [-0.4, -0.2) is 51.0 Å². The number of hydrogen-bond acceptors (Lipinski definition) is 5. The Hall–Kier alpha value is -2.05. The van der Waals surface area contributed by atoms with E-state index in [-0.39, 0.29) is 12.5 Å². The smallest absolute Gasteiger partial charge is 0.221 e. The van der Waals surface area contributed by atoms with Gasteiger partial charge in [0.1, 0.15) is 5.75 Å². The molecule has 1 unspecified atom stereocenters. The van der Waals surface area contributed by atoms with Gasteiger partial charge in [0.05, 0.1) is 25.5 Å². The summed E-state index contributed by atoms with van der Waals surface area (Å²) in [5, 5.41) is 12.7. The van der Waals surface area contributed by atoms with Gasteiger partial charge in [-0.15, -0.1) is 6.58 Å². The lowest BCUT2D eigenvalue weighted by Crippen LogP contribution is -2.35. The Balaban J connectivity index is 3.08. The van der Waals surface area contributed by atoms with Gasteiger partial charge in [0.2, 0.25) is 5.91 Å². The van der Waals surface area contributed by atoms with E-state index in [4.69, 9.17) is 9.47 Å². The predicted octanol–water partition coefficient (Wildman–Crippen LogP) is 1.65. The first kappa shape index (κ1) is 18.0. The maximum atomic E-state index is 11.2. The van der Waals surface area contributed by atoms with E-state index in [9.17, 15) is 9.90 Å². The van der Waals surface area contributed by atoms with Crippen LogP contribution in [0.25, 0.3) is 0 Å². The lowest BCUT2D eigenvalue weighted by atomic mass is 10.2. The second-order valence-corrected chi connectivity index (χ2v) is 4.87. The number of rotatable bonds is 9. The topological polar surface area (TPSA) is 71.0 Å². The summed E-state index contributed by atoms with van der Waals surface area (Å²) >= 11 is 0. The molecule has 0 fully saturated rings. The van der Waals surface area contributed by atoms with Gasteiger partial charge in [-0.05, 0) is 18.2 Å². The van der Waals surface area contributed by atoms with Crippen molar-refractivity contribution in [2.75, 3.05) is 44.1 Å². The Morgan fingerprint density at radius 3 is 2.77 bits per heavy atom. The minimum Gasteiger partial charge on any atom is -0.495 e. The first-order valence-corrected chi connectivity index (χ1v) is 7.00. The number of nitrogens with zero attached hydrogens (tertiary/aromatic N) is 1. The highest BCUT2D eigenvalue weighted by atomic mass is 16.5. The predicted molar refractivity (Wildman–Crippen MR) is 87.6 cm³/mol. The number of benzene rings is 1. The Morgan fingerprint density at radius 2 is 2.23 bits per heavy atom. The molecule has 1 aromatic rings. The Kier molecular flexibility index (Phi) is 7.42. The lowest BCUT2D eigenvalue weighted by Gasteiger charge is -2.28. The van der Waals surface area contributed by atoms with Crippen molar-refractivity contribution in [2.24, 2.45) is 0 Å². The summed E-state index contributed by atoms with van der Waals surface area (Å²) in [5.41, 5.74) is 1.43. The first-order chi connectivity index (χ1) is 10.5. The highest BCUT2D eigenvalue weighted by Gasteiger charge is 2.16. The molecule has 0 saturated carbocycles. The van der Waals surface area contributed by atoms with Gasteiger partial charge in [-0.2, -0.15) is 0 Å². The molecule has 122 valence electrons. The molecule has 1 amide bonds. The summed E-state index contributed by atoms with van der Waals surface area (Å²) in [7, 11) is 3.12. The van der Waals surface area contributed by atoms with E-state index < -0.39 is 6.10 Å². The molecular weight excluding hydrogens is 284 g/mol. The minimum atomic E-state index is -0.640. The summed E-state index contributed by atoms with van der Waals surface area (Å²) in [6.07, 6.45) is 1.10.